The molecule has 0 unspecified atom stereocenters. The van der Waals surface area contributed by atoms with Crippen LogP contribution in [0.4, 0.5) is 11.4 Å². The van der Waals surface area contributed by atoms with Gasteiger partial charge >= 0.3 is 0 Å². The first-order valence-corrected chi connectivity index (χ1v) is 9.22. The predicted molar refractivity (Wildman–Crippen MR) is 101 cm³/mol. The third kappa shape index (κ3) is 3.26. The molecule has 0 radical (unpaired) electrons. The molecule has 0 bridgehead atoms. The van der Waals surface area contributed by atoms with Crippen LogP contribution in [0, 0.1) is 0 Å². The van der Waals surface area contributed by atoms with Gasteiger partial charge in [-0.05, 0) is 46.6 Å². The van der Waals surface area contributed by atoms with Crippen LogP contribution in [0.3, 0.4) is 0 Å². The second-order valence-electron chi connectivity index (χ2n) is 6.13. The minimum Gasteiger partial charge on any atom is -0.486 e. The number of rotatable bonds is 3. The third-order valence-corrected chi connectivity index (χ3v) is 5.05. The molecule has 26 heavy (non-hydrogen) atoms. The molecule has 2 aromatic carbocycles. The summed E-state index contributed by atoms with van der Waals surface area (Å²) < 4.78 is 11.8. The SMILES string of the molecule is O=C(Nc1cc2c(cc1Br)OCCO2)c1ccc(N2CCCC2=O)cc1. The van der Waals surface area contributed by atoms with Crippen molar-refractivity contribution >= 4 is 39.1 Å². The monoisotopic (exact) mass is 416 g/mol. The topological polar surface area (TPSA) is 67.9 Å². The fourth-order valence-corrected chi connectivity index (χ4v) is 3.49. The fraction of sp³-hybridized carbons (Fsp3) is 0.263. The smallest absolute Gasteiger partial charge is 0.255 e. The Morgan fingerprint density at radius 3 is 2.42 bits per heavy atom. The van der Waals surface area contributed by atoms with Crippen LogP contribution in [0.5, 0.6) is 11.5 Å². The summed E-state index contributed by atoms with van der Waals surface area (Å²) in [5, 5.41) is 2.87. The van der Waals surface area contributed by atoms with Crippen molar-refractivity contribution in [1.82, 2.24) is 0 Å². The van der Waals surface area contributed by atoms with Crippen LogP contribution in [0.25, 0.3) is 0 Å². The highest BCUT2D eigenvalue weighted by Gasteiger charge is 2.22. The first-order valence-electron chi connectivity index (χ1n) is 8.43. The summed E-state index contributed by atoms with van der Waals surface area (Å²) in [4.78, 5) is 26.1. The number of nitrogens with zero attached hydrogens (tertiary/aromatic N) is 1. The Bertz CT molecular complexity index is 867. The average Bonchev–Trinajstić information content (AvgIpc) is 3.08. The first-order chi connectivity index (χ1) is 12.6. The minimum atomic E-state index is -0.235. The number of carbonyl (C=O) groups is 2. The van der Waals surface area contributed by atoms with Crippen LogP contribution in [0.15, 0.2) is 40.9 Å². The molecule has 2 aliphatic heterocycles. The largest absolute Gasteiger partial charge is 0.486 e. The average molecular weight is 417 g/mol. The molecule has 2 amide bonds. The molecular weight excluding hydrogens is 400 g/mol. The van der Waals surface area contributed by atoms with E-state index in [4.69, 9.17) is 9.47 Å². The predicted octanol–water partition coefficient (Wildman–Crippen LogP) is 3.60. The van der Waals surface area contributed by atoms with Crippen molar-refractivity contribution in [3.05, 3.63) is 46.4 Å². The molecule has 0 spiro atoms. The Kier molecular flexibility index (Phi) is 4.55. The number of amides is 2. The number of nitrogens with one attached hydrogen (secondary N) is 1. The molecule has 6 nitrogen and oxygen atoms in total. The van der Waals surface area contributed by atoms with Gasteiger partial charge in [0.15, 0.2) is 11.5 Å². The second-order valence-corrected chi connectivity index (χ2v) is 6.98. The van der Waals surface area contributed by atoms with Crippen molar-refractivity contribution in [1.29, 1.82) is 0 Å². The summed E-state index contributed by atoms with van der Waals surface area (Å²) in [6.45, 7) is 1.73. The molecule has 0 aliphatic carbocycles. The maximum atomic E-state index is 12.5. The summed E-state index contributed by atoms with van der Waals surface area (Å²) >= 11 is 3.44. The van der Waals surface area contributed by atoms with Gasteiger partial charge in [0.05, 0.1) is 5.69 Å². The van der Waals surface area contributed by atoms with Gasteiger partial charge in [-0.3, -0.25) is 9.59 Å². The van der Waals surface area contributed by atoms with Crippen molar-refractivity contribution in [3.8, 4) is 11.5 Å². The second kappa shape index (κ2) is 6.99. The fourth-order valence-electron chi connectivity index (χ4n) is 3.07. The summed E-state index contributed by atoms with van der Waals surface area (Å²) in [6, 6.07) is 10.6. The van der Waals surface area contributed by atoms with Crippen molar-refractivity contribution in [2.24, 2.45) is 0 Å². The van der Waals surface area contributed by atoms with E-state index in [2.05, 4.69) is 21.2 Å². The molecule has 0 saturated carbocycles. The van der Waals surface area contributed by atoms with E-state index in [1.807, 2.05) is 0 Å². The molecule has 7 heteroatoms. The van der Waals surface area contributed by atoms with Gasteiger partial charge in [0, 0.05) is 40.8 Å². The summed E-state index contributed by atoms with van der Waals surface area (Å²) in [5.41, 5.74) is 1.95. The van der Waals surface area contributed by atoms with Gasteiger partial charge < -0.3 is 19.7 Å². The molecule has 2 aliphatic rings. The van der Waals surface area contributed by atoms with Gasteiger partial charge in [0.25, 0.3) is 5.91 Å². The Morgan fingerprint density at radius 2 is 1.77 bits per heavy atom. The van der Waals surface area contributed by atoms with Crippen LogP contribution >= 0.6 is 15.9 Å². The molecule has 1 N–H and O–H groups in total. The van der Waals surface area contributed by atoms with E-state index in [-0.39, 0.29) is 11.8 Å². The maximum absolute atomic E-state index is 12.5. The number of anilines is 2. The van der Waals surface area contributed by atoms with E-state index in [0.717, 1.165) is 23.1 Å². The van der Waals surface area contributed by atoms with E-state index in [0.29, 0.717) is 42.4 Å². The van der Waals surface area contributed by atoms with E-state index in [1.165, 1.54) is 0 Å². The molecule has 134 valence electrons. The Morgan fingerprint density at radius 1 is 1.08 bits per heavy atom. The van der Waals surface area contributed by atoms with Gasteiger partial charge in [-0.15, -0.1) is 0 Å². The quantitative estimate of drug-likeness (QED) is 0.829. The molecular formula is C19H17BrN2O4. The highest BCUT2D eigenvalue weighted by Crippen LogP contribution is 2.38. The van der Waals surface area contributed by atoms with Crippen molar-refractivity contribution < 1.29 is 19.1 Å². The molecule has 0 aromatic heterocycles. The lowest BCUT2D eigenvalue weighted by molar-refractivity contribution is -0.117. The zero-order valence-corrected chi connectivity index (χ0v) is 15.5. The number of halogens is 1. The summed E-state index contributed by atoms with van der Waals surface area (Å²) in [7, 11) is 0. The van der Waals surface area contributed by atoms with E-state index < -0.39 is 0 Å². The number of fused-ring (bicyclic) bond motifs is 1. The molecule has 0 atom stereocenters. The standard InChI is InChI=1S/C19H17BrN2O4/c20-14-10-16-17(26-9-8-25-16)11-15(14)21-19(24)12-3-5-13(6-4-12)22-7-1-2-18(22)23/h3-6,10-11H,1-2,7-9H2,(H,21,24). The van der Waals surface area contributed by atoms with E-state index >= 15 is 0 Å². The molecule has 1 fully saturated rings. The van der Waals surface area contributed by atoms with Crippen LogP contribution in [-0.2, 0) is 4.79 Å². The number of carbonyl (C=O) groups excluding carboxylic acids is 2. The van der Waals surface area contributed by atoms with Crippen molar-refractivity contribution in [3.63, 3.8) is 0 Å². The van der Waals surface area contributed by atoms with Crippen LogP contribution in [-0.4, -0.2) is 31.6 Å². The number of hydrogen-bond donors (Lipinski definition) is 1. The Balaban J connectivity index is 1.50. The van der Waals surface area contributed by atoms with E-state index in [9.17, 15) is 9.59 Å². The molecule has 1 saturated heterocycles. The number of ether oxygens (including phenoxy) is 2. The van der Waals surface area contributed by atoms with Crippen LogP contribution < -0.4 is 19.7 Å². The molecule has 2 heterocycles. The van der Waals surface area contributed by atoms with Crippen molar-refractivity contribution in [2.75, 3.05) is 30.0 Å². The zero-order chi connectivity index (χ0) is 18.1. The van der Waals surface area contributed by atoms with Gasteiger partial charge in [-0.25, -0.2) is 0 Å². The van der Waals surface area contributed by atoms with Crippen LogP contribution in [0.2, 0.25) is 0 Å². The summed E-state index contributed by atoms with van der Waals surface area (Å²) in [5.74, 6) is 1.16. The minimum absolute atomic E-state index is 0.127. The summed E-state index contributed by atoms with van der Waals surface area (Å²) in [6.07, 6.45) is 1.46. The van der Waals surface area contributed by atoms with Crippen molar-refractivity contribution in [2.45, 2.75) is 12.8 Å². The van der Waals surface area contributed by atoms with Gasteiger partial charge in [-0.1, -0.05) is 0 Å². The van der Waals surface area contributed by atoms with E-state index in [1.54, 1.807) is 41.3 Å². The number of benzene rings is 2. The first kappa shape index (κ1) is 16.9. The number of hydrogen-bond acceptors (Lipinski definition) is 4. The Hall–Kier alpha value is -2.54. The van der Waals surface area contributed by atoms with Gasteiger partial charge in [0.1, 0.15) is 13.2 Å². The van der Waals surface area contributed by atoms with Gasteiger partial charge in [-0.2, -0.15) is 0 Å². The highest BCUT2D eigenvalue weighted by molar-refractivity contribution is 9.10. The zero-order valence-electron chi connectivity index (χ0n) is 14.0. The lowest BCUT2D eigenvalue weighted by Gasteiger charge is -2.20. The third-order valence-electron chi connectivity index (χ3n) is 4.39. The van der Waals surface area contributed by atoms with Crippen LogP contribution in [0.1, 0.15) is 23.2 Å². The normalized spacial score (nSPS) is 15.9. The lowest BCUT2D eigenvalue weighted by Crippen LogP contribution is -2.23. The molecule has 2 aromatic rings. The van der Waals surface area contributed by atoms with Gasteiger partial charge in [0.2, 0.25) is 5.91 Å². The molecule has 4 rings (SSSR count). The lowest BCUT2D eigenvalue weighted by atomic mass is 10.1. The Labute approximate surface area is 159 Å². The maximum Gasteiger partial charge on any atom is 0.255 e. The highest BCUT2D eigenvalue weighted by atomic mass is 79.9.